The molecule has 1 amide bonds. The van der Waals surface area contributed by atoms with Crippen LogP contribution in [-0.4, -0.2) is 31.8 Å². The van der Waals surface area contributed by atoms with Crippen molar-refractivity contribution in [3.8, 4) is 5.75 Å². The minimum atomic E-state index is -4.99. The van der Waals surface area contributed by atoms with Crippen molar-refractivity contribution in [2.45, 2.75) is 71.3 Å². The number of amides is 1. The van der Waals surface area contributed by atoms with Crippen molar-refractivity contribution in [2.24, 2.45) is 5.92 Å². The lowest BCUT2D eigenvalue weighted by Crippen LogP contribution is -2.33. The molecule has 0 fully saturated rings. The molecule has 0 saturated carbocycles. The van der Waals surface area contributed by atoms with E-state index in [0.717, 1.165) is 47.1 Å². The second kappa shape index (κ2) is 12.6. The maximum Gasteiger partial charge on any atom is 0.416 e. The molecule has 10 heteroatoms. The van der Waals surface area contributed by atoms with Gasteiger partial charge in [-0.05, 0) is 83.7 Å². The molecule has 0 aromatic heterocycles. The molecule has 0 aliphatic heterocycles. The van der Waals surface area contributed by atoms with Crippen molar-refractivity contribution in [1.29, 1.82) is 0 Å². The molecule has 0 heterocycles. The summed E-state index contributed by atoms with van der Waals surface area (Å²) in [6, 6.07) is 7.29. The van der Waals surface area contributed by atoms with Crippen LogP contribution in [0.2, 0.25) is 0 Å². The van der Waals surface area contributed by atoms with Crippen molar-refractivity contribution in [3.05, 3.63) is 69.8 Å². The zero-order valence-corrected chi connectivity index (χ0v) is 23.3. The molecule has 4 nitrogen and oxygen atoms in total. The zero-order valence-electron chi connectivity index (χ0n) is 23.3. The Kier molecular flexibility index (Phi) is 9.85. The molecular formula is C30H35F6NO3. The maximum absolute atomic E-state index is 13.5. The first-order valence-corrected chi connectivity index (χ1v) is 13.2. The van der Waals surface area contributed by atoms with Gasteiger partial charge in [-0.3, -0.25) is 4.90 Å². The van der Waals surface area contributed by atoms with E-state index in [2.05, 4.69) is 26.8 Å². The summed E-state index contributed by atoms with van der Waals surface area (Å²) >= 11 is 0. The summed E-state index contributed by atoms with van der Waals surface area (Å²) in [5.74, 6) is 1.23. The van der Waals surface area contributed by atoms with Gasteiger partial charge in [-0.2, -0.15) is 26.3 Å². The van der Waals surface area contributed by atoms with Crippen LogP contribution in [0.1, 0.15) is 80.2 Å². The first-order chi connectivity index (χ1) is 18.7. The molecular weight excluding hydrogens is 536 g/mol. The summed E-state index contributed by atoms with van der Waals surface area (Å²) in [7, 11) is 2.70. The Bertz CT molecular complexity index is 1200. The van der Waals surface area contributed by atoms with Crippen molar-refractivity contribution in [2.75, 3.05) is 20.8 Å². The SMILES string of the molecule is CCC1CCC(c2cc(C(C)C)ccc2OC)=C(CN(Cc2cc(C(F)(F)F)cc(C(F)(F)F)c2)C(=O)OC)C1. The van der Waals surface area contributed by atoms with Gasteiger partial charge in [-0.1, -0.05) is 33.3 Å². The molecule has 0 saturated heterocycles. The third-order valence-electron chi connectivity index (χ3n) is 7.39. The highest BCUT2D eigenvalue weighted by molar-refractivity contribution is 5.76. The maximum atomic E-state index is 13.5. The van der Waals surface area contributed by atoms with Gasteiger partial charge in [0.2, 0.25) is 0 Å². The number of allylic oxidation sites excluding steroid dienone is 1. The second-order valence-corrected chi connectivity index (χ2v) is 10.5. The number of nitrogens with zero attached hydrogens (tertiary/aromatic N) is 1. The quantitative estimate of drug-likeness (QED) is 0.297. The summed E-state index contributed by atoms with van der Waals surface area (Å²) in [5.41, 5.74) is 0.665. The lowest BCUT2D eigenvalue weighted by atomic mass is 9.79. The lowest BCUT2D eigenvalue weighted by molar-refractivity contribution is -0.143. The number of ether oxygens (including phenoxy) is 2. The molecule has 1 aliphatic rings. The molecule has 0 spiro atoms. The number of carbonyl (C=O) groups is 1. The highest BCUT2D eigenvalue weighted by Crippen LogP contribution is 2.42. The molecule has 0 radical (unpaired) electrons. The van der Waals surface area contributed by atoms with Crippen LogP contribution >= 0.6 is 0 Å². The summed E-state index contributed by atoms with van der Waals surface area (Å²) in [6.45, 7) is 5.70. The fourth-order valence-corrected chi connectivity index (χ4v) is 5.13. The molecule has 2 aromatic carbocycles. The van der Waals surface area contributed by atoms with E-state index < -0.39 is 36.1 Å². The van der Waals surface area contributed by atoms with Gasteiger partial charge in [-0.25, -0.2) is 4.79 Å². The summed E-state index contributed by atoms with van der Waals surface area (Å²) in [5, 5.41) is 0. The highest BCUT2D eigenvalue weighted by atomic mass is 19.4. The molecule has 1 aliphatic carbocycles. The van der Waals surface area contributed by atoms with Gasteiger partial charge in [0.15, 0.2) is 0 Å². The van der Waals surface area contributed by atoms with Crippen molar-refractivity contribution in [1.82, 2.24) is 4.90 Å². The average Bonchev–Trinajstić information content (AvgIpc) is 2.90. The monoisotopic (exact) mass is 571 g/mol. The van der Waals surface area contributed by atoms with Crippen LogP contribution in [0.15, 0.2) is 42.0 Å². The van der Waals surface area contributed by atoms with Gasteiger partial charge in [0.1, 0.15) is 5.75 Å². The van der Waals surface area contributed by atoms with E-state index in [-0.39, 0.29) is 24.1 Å². The third-order valence-corrected chi connectivity index (χ3v) is 7.39. The molecule has 2 aromatic rings. The second-order valence-electron chi connectivity index (χ2n) is 10.5. The van der Waals surface area contributed by atoms with Crippen LogP contribution in [0.4, 0.5) is 31.1 Å². The highest BCUT2D eigenvalue weighted by Gasteiger charge is 2.37. The van der Waals surface area contributed by atoms with E-state index in [0.29, 0.717) is 36.6 Å². The number of carbonyl (C=O) groups excluding carboxylic acids is 1. The topological polar surface area (TPSA) is 38.8 Å². The van der Waals surface area contributed by atoms with Gasteiger partial charge < -0.3 is 9.47 Å². The van der Waals surface area contributed by atoms with E-state index in [1.54, 1.807) is 7.11 Å². The van der Waals surface area contributed by atoms with Crippen LogP contribution in [0.5, 0.6) is 5.75 Å². The normalized spacial score (nSPS) is 16.4. The Morgan fingerprint density at radius 1 is 0.975 bits per heavy atom. The van der Waals surface area contributed by atoms with E-state index in [9.17, 15) is 31.1 Å². The van der Waals surface area contributed by atoms with E-state index in [1.165, 1.54) is 0 Å². The molecule has 0 bridgehead atoms. The molecule has 3 rings (SSSR count). The predicted molar refractivity (Wildman–Crippen MR) is 141 cm³/mol. The predicted octanol–water partition coefficient (Wildman–Crippen LogP) is 9.09. The third kappa shape index (κ3) is 7.52. The van der Waals surface area contributed by atoms with Crippen LogP contribution < -0.4 is 4.74 Å². The Morgan fingerprint density at radius 3 is 2.10 bits per heavy atom. The Morgan fingerprint density at radius 2 is 1.60 bits per heavy atom. The Labute approximate surface area is 231 Å². The summed E-state index contributed by atoms with van der Waals surface area (Å²) in [4.78, 5) is 14.0. The van der Waals surface area contributed by atoms with Gasteiger partial charge >= 0.3 is 18.4 Å². The van der Waals surface area contributed by atoms with Crippen molar-refractivity contribution in [3.63, 3.8) is 0 Å². The molecule has 0 N–H and O–H groups in total. The molecule has 1 atom stereocenters. The number of halogens is 6. The Hall–Kier alpha value is -3.17. The van der Waals surface area contributed by atoms with Gasteiger partial charge in [0.25, 0.3) is 0 Å². The van der Waals surface area contributed by atoms with E-state index >= 15 is 0 Å². The van der Waals surface area contributed by atoms with Crippen LogP contribution in [0.3, 0.4) is 0 Å². The fourth-order valence-electron chi connectivity index (χ4n) is 5.13. The molecule has 1 unspecified atom stereocenters. The van der Waals surface area contributed by atoms with Crippen LogP contribution in [-0.2, 0) is 23.6 Å². The van der Waals surface area contributed by atoms with Crippen LogP contribution in [0.25, 0.3) is 5.57 Å². The van der Waals surface area contributed by atoms with Gasteiger partial charge in [-0.15, -0.1) is 0 Å². The first kappa shape index (κ1) is 31.4. The fraction of sp³-hybridized carbons (Fsp3) is 0.500. The van der Waals surface area contributed by atoms with Crippen molar-refractivity contribution >= 4 is 11.7 Å². The van der Waals surface area contributed by atoms with E-state index in [1.807, 2.05) is 12.1 Å². The number of hydrogen-bond donors (Lipinski definition) is 0. The summed E-state index contributed by atoms with van der Waals surface area (Å²) < 4.78 is 91.3. The zero-order chi connectivity index (χ0) is 29.8. The van der Waals surface area contributed by atoms with Crippen molar-refractivity contribution < 1.29 is 40.6 Å². The number of alkyl halides is 6. The number of rotatable bonds is 8. The van der Waals surface area contributed by atoms with Crippen LogP contribution in [0, 0.1) is 5.92 Å². The minimum Gasteiger partial charge on any atom is -0.496 e. The number of methoxy groups -OCH3 is 2. The number of hydrogen-bond acceptors (Lipinski definition) is 3. The lowest BCUT2D eigenvalue weighted by Gasteiger charge is -2.31. The van der Waals surface area contributed by atoms with Gasteiger partial charge in [0, 0.05) is 18.7 Å². The smallest absolute Gasteiger partial charge is 0.416 e. The Balaban J connectivity index is 2.11. The molecule has 40 heavy (non-hydrogen) atoms. The largest absolute Gasteiger partial charge is 0.496 e. The van der Waals surface area contributed by atoms with Gasteiger partial charge in [0.05, 0.1) is 25.3 Å². The minimum absolute atomic E-state index is 0.00877. The number of benzene rings is 2. The average molecular weight is 572 g/mol. The summed E-state index contributed by atoms with van der Waals surface area (Å²) in [6.07, 6.45) is -7.70. The van der Waals surface area contributed by atoms with E-state index in [4.69, 9.17) is 9.47 Å². The standard InChI is InChI=1S/C30H35F6NO3/c1-6-19-7-9-25(26-14-21(18(2)3)8-10-27(26)39-4)22(11-19)17-37(28(38)40-5)16-20-12-23(29(31,32)33)15-24(13-20)30(34,35)36/h8,10,12-15,18-19H,6-7,9,11,16-17H2,1-5H3. The molecule has 220 valence electrons. The first-order valence-electron chi connectivity index (χ1n) is 13.2.